The van der Waals surface area contributed by atoms with E-state index in [0.717, 1.165) is 0 Å². The van der Waals surface area contributed by atoms with Gasteiger partial charge in [0.15, 0.2) is 12.9 Å². The van der Waals surface area contributed by atoms with Crippen LogP contribution >= 0.6 is 0 Å². The number of carbonyl (C=O) groups excluding carboxylic acids is 3. The highest BCUT2D eigenvalue weighted by Crippen LogP contribution is 2.46. The van der Waals surface area contributed by atoms with E-state index in [1.807, 2.05) is 53.6 Å². The van der Waals surface area contributed by atoms with Crippen LogP contribution in [-0.4, -0.2) is 125 Å². The van der Waals surface area contributed by atoms with Gasteiger partial charge in [-0.15, -0.1) is 0 Å². The van der Waals surface area contributed by atoms with Crippen molar-refractivity contribution in [3.8, 4) is 0 Å². The van der Waals surface area contributed by atoms with Crippen molar-refractivity contribution in [1.82, 2.24) is 14.9 Å². The lowest BCUT2D eigenvalue weighted by atomic mass is 9.70. The highest BCUT2D eigenvalue weighted by atomic mass is 16.7. The minimum atomic E-state index is -1.26. The van der Waals surface area contributed by atoms with Gasteiger partial charge in [0.1, 0.15) is 34.8 Å². The van der Waals surface area contributed by atoms with Gasteiger partial charge < -0.3 is 53.4 Å². The number of pyridine rings is 1. The zero-order valence-corrected chi connectivity index (χ0v) is 35.3. The van der Waals surface area contributed by atoms with Crippen LogP contribution in [0, 0.1) is 29.6 Å². The number of likely N-dealkylation sites (N-methyl/N-ethyl adjacent to an activating group) is 1. The molecule has 0 saturated carbocycles. The molecular weight excluding hydrogens is 754 g/mol. The fourth-order valence-electron chi connectivity index (χ4n) is 9.55. The molecule has 14 atom stereocenters. The number of aliphatic hydroxyl groups is 1. The highest BCUT2D eigenvalue weighted by Gasteiger charge is 2.57. The van der Waals surface area contributed by atoms with Crippen molar-refractivity contribution in [2.24, 2.45) is 34.7 Å². The van der Waals surface area contributed by atoms with Gasteiger partial charge in [0.05, 0.1) is 55.2 Å². The zero-order valence-electron chi connectivity index (χ0n) is 35.3. The molecule has 4 aliphatic heterocycles. The summed E-state index contributed by atoms with van der Waals surface area (Å²) in [6, 6.07) is 3.17. The maximum absolute atomic E-state index is 14.5. The molecule has 6 heterocycles. The number of aliphatic hydroxyl groups excluding tert-OH is 1. The second-order valence-electron chi connectivity index (χ2n) is 17.4. The first-order valence-electron chi connectivity index (χ1n) is 20.4. The Balaban J connectivity index is 1.40. The van der Waals surface area contributed by atoms with Gasteiger partial charge in [0.25, 0.3) is 6.01 Å². The molecule has 2 aromatic rings. The number of fused-ring (bicyclic) bond motifs is 5. The molecule has 2 aromatic heterocycles. The Hall–Kier alpha value is -3.74. The third-order valence-corrected chi connectivity index (χ3v) is 12.7. The molecule has 17 heteroatoms. The van der Waals surface area contributed by atoms with Gasteiger partial charge >= 0.3 is 11.9 Å². The van der Waals surface area contributed by atoms with Gasteiger partial charge in [-0.25, -0.2) is 4.98 Å². The van der Waals surface area contributed by atoms with Crippen molar-refractivity contribution in [3.05, 3.63) is 17.8 Å². The van der Waals surface area contributed by atoms with E-state index in [0.29, 0.717) is 29.8 Å². The zero-order chi connectivity index (χ0) is 42.3. The number of ether oxygens (including phenoxy) is 6. The molecule has 322 valence electrons. The van der Waals surface area contributed by atoms with Crippen molar-refractivity contribution in [3.63, 3.8) is 0 Å². The number of anilines is 1. The van der Waals surface area contributed by atoms with Crippen molar-refractivity contribution < 1.29 is 57.2 Å². The first-order valence-corrected chi connectivity index (χ1v) is 20.4. The molecule has 0 aromatic carbocycles. The molecule has 0 aliphatic carbocycles. The number of ketones is 1. The summed E-state index contributed by atoms with van der Waals surface area (Å²) >= 11 is 0. The monoisotopic (exact) mass is 815 g/mol. The van der Waals surface area contributed by atoms with Crippen LogP contribution in [0.1, 0.15) is 86.8 Å². The number of cyclic esters (lactones) is 1. The normalized spacial score (nSPS) is 40.1. The molecule has 6 rings (SSSR count). The summed E-state index contributed by atoms with van der Waals surface area (Å²) in [5, 5.41) is 16.1. The van der Waals surface area contributed by atoms with E-state index in [4.69, 9.17) is 43.4 Å². The average molecular weight is 816 g/mol. The number of oxime groups is 1. The molecule has 0 unspecified atom stereocenters. The number of hydrogen-bond acceptors (Lipinski definition) is 17. The first-order chi connectivity index (χ1) is 27.3. The Kier molecular flexibility index (Phi) is 13.2. The van der Waals surface area contributed by atoms with Gasteiger partial charge in [-0.3, -0.25) is 14.4 Å². The van der Waals surface area contributed by atoms with Crippen LogP contribution < -0.4 is 5.73 Å². The van der Waals surface area contributed by atoms with Gasteiger partial charge in [-0.2, -0.15) is 4.98 Å². The smallest absolute Gasteiger partial charge is 0.311 e. The third-order valence-electron chi connectivity index (χ3n) is 12.7. The number of esters is 2. The number of hydrogen-bond donors (Lipinski definition) is 2. The van der Waals surface area contributed by atoms with Crippen LogP contribution in [0.3, 0.4) is 0 Å². The molecule has 4 fully saturated rings. The number of Topliss-reactive ketones (excluding diaryl/α,β-unsaturated/α-hetero) is 1. The Morgan fingerprint density at radius 3 is 2.50 bits per heavy atom. The SMILES string of the molecule is CC[C@H]1OC(=O)[C@H](C)[C@H]2OC/C(=N/OCc3ccc4nc(N)oc4n3)CO[C@](C)(C[C@@H](C)C(=O)[C@H](C)[C@@H]3CC(=O)O[C@]13C)[C@H](O[C@@H]1O[C@H](C)C[C@H](N(C)C)[C@H]1O)[C@H]2C. The molecule has 0 radical (unpaired) electrons. The van der Waals surface area contributed by atoms with Crippen LogP contribution in [0.15, 0.2) is 21.7 Å². The number of nitrogens with zero attached hydrogens (tertiary/aromatic N) is 4. The number of nitrogens with two attached hydrogens (primary N) is 1. The van der Waals surface area contributed by atoms with Crippen LogP contribution in [0.2, 0.25) is 0 Å². The minimum Gasteiger partial charge on any atom is -0.458 e. The highest BCUT2D eigenvalue weighted by molar-refractivity contribution is 5.87. The fourth-order valence-corrected chi connectivity index (χ4v) is 9.55. The summed E-state index contributed by atoms with van der Waals surface area (Å²) in [7, 11) is 3.79. The van der Waals surface area contributed by atoms with E-state index >= 15 is 0 Å². The van der Waals surface area contributed by atoms with E-state index in [1.165, 1.54) is 0 Å². The molecule has 0 spiro atoms. The third kappa shape index (κ3) is 8.89. The van der Waals surface area contributed by atoms with Crippen molar-refractivity contribution >= 4 is 40.7 Å². The molecular formula is C41H61N5O12. The molecule has 3 N–H and O–H groups in total. The Morgan fingerprint density at radius 2 is 1.79 bits per heavy atom. The molecule has 4 saturated heterocycles. The quantitative estimate of drug-likeness (QED) is 0.300. The summed E-state index contributed by atoms with van der Waals surface area (Å²) in [5.74, 6) is -4.39. The van der Waals surface area contributed by atoms with Gasteiger partial charge in [0.2, 0.25) is 5.71 Å². The second kappa shape index (κ2) is 17.5. The summed E-state index contributed by atoms with van der Waals surface area (Å²) in [6.07, 6.45) is -3.85. The number of oxazole rings is 1. The van der Waals surface area contributed by atoms with Crippen molar-refractivity contribution in [2.45, 2.75) is 142 Å². The fraction of sp³-hybridized carbons (Fsp3) is 0.756. The van der Waals surface area contributed by atoms with E-state index in [9.17, 15) is 19.5 Å². The summed E-state index contributed by atoms with van der Waals surface area (Å²) in [5.41, 5.74) is 4.84. The topological polar surface area (TPSA) is 217 Å². The molecule has 4 aliphatic rings. The standard InChI is InChI=1S/C41H61N5O12/c1-11-30-41(8)27(15-31(47)58-41)22(4)32(48)20(2)16-40(7)35(56-38-33(49)29(46(9)10)14-21(3)54-38)23(5)34(24(6)37(50)55-30)51-17-26(18-52-40)45-53-19-25-12-13-28-36(43-25)57-39(42)44-28/h12-13,20-24,27,29-30,33-35,38,49H,11,14-19H2,1-10H3,(H2,42,44)/b45-26-/t20-,21-,22-,23+,24-,27+,29+,30-,33-,34+,35-,38+,40-,41+/m1/s1. The van der Waals surface area contributed by atoms with Crippen molar-refractivity contribution in [2.75, 3.05) is 33.0 Å². The average Bonchev–Trinajstić information content (AvgIpc) is 3.71. The molecule has 17 nitrogen and oxygen atoms in total. The van der Waals surface area contributed by atoms with Crippen molar-refractivity contribution in [1.29, 1.82) is 0 Å². The minimum absolute atomic E-state index is 0.00213. The first kappa shape index (κ1) is 43.8. The Bertz CT molecular complexity index is 1840. The van der Waals surface area contributed by atoms with Crippen LogP contribution in [0.5, 0.6) is 0 Å². The predicted molar refractivity (Wildman–Crippen MR) is 209 cm³/mol. The lowest BCUT2D eigenvalue weighted by Crippen LogP contribution is -2.60. The Morgan fingerprint density at radius 1 is 1.05 bits per heavy atom. The summed E-state index contributed by atoms with van der Waals surface area (Å²) < 4.78 is 44.2. The van der Waals surface area contributed by atoms with Crippen LogP contribution in [0.4, 0.5) is 6.01 Å². The lowest BCUT2D eigenvalue weighted by molar-refractivity contribution is -0.302. The lowest BCUT2D eigenvalue weighted by Gasteiger charge is -2.48. The van der Waals surface area contributed by atoms with E-state index < -0.39 is 83.4 Å². The maximum Gasteiger partial charge on any atom is 0.311 e. The Labute approximate surface area is 339 Å². The number of nitrogen functional groups attached to an aromatic ring is 1. The van der Waals surface area contributed by atoms with Crippen LogP contribution in [-0.2, 0) is 54.2 Å². The molecule has 2 bridgehead atoms. The van der Waals surface area contributed by atoms with E-state index in [2.05, 4.69) is 15.1 Å². The predicted octanol–water partition coefficient (Wildman–Crippen LogP) is 3.82. The summed E-state index contributed by atoms with van der Waals surface area (Å²) in [6.45, 7) is 14.5. The largest absolute Gasteiger partial charge is 0.458 e. The number of aromatic nitrogens is 2. The number of rotatable bonds is 7. The van der Waals surface area contributed by atoms with Gasteiger partial charge in [-0.1, -0.05) is 32.9 Å². The molecule has 0 amide bonds. The maximum atomic E-state index is 14.5. The van der Waals surface area contributed by atoms with E-state index in [1.54, 1.807) is 32.9 Å². The van der Waals surface area contributed by atoms with Gasteiger partial charge in [-0.05, 0) is 73.2 Å². The summed E-state index contributed by atoms with van der Waals surface area (Å²) in [4.78, 5) is 58.0. The second-order valence-corrected chi connectivity index (χ2v) is 17.4. The molecule has 58 heavy (non-hydrogen) atoms. The van der Waals surface area contributed by atoms with E-state index in [-0.39, 0.29) is 62.3 Å². The van der Waals surface area contributed by atoms with Gasteiger partial charge in [0, 0.05) is 29.7 Å². The van der Waals surface area contributed by atoms with Crippen LogP contribution in [0.25, 0.3) is 11.2 Å². The number of carbonyl (C=O) groups is 3.